The summed E-state index contributed by atoms with van der Waals surface area (Å²) in [6.07, 6.45) is -18.5. The molecule has 772 valence electrons. The Hall–Kier alpha value is -13.4. The number of benzene rings is 13. The average molecular weight is 2060 g/mol. The Kier molecular flexibility index (Phi) is 39.2. The predicted molar refractivity (Wildman–Crippen MR) is 544 cm³/mol. The van der Waals surface area contributed by atoms with Gasteiger partial charge in [0.25, 0.3) is 0 Å². The number of carbonyl (C=O) groups excluding carboxylic acids is 4. The molecule has 0 aliphatic carbocycles. The Morgan fingerprint density at radius 3 is 0.701 bits per heavy atom. The number of ketones is 4. The van der Waals surface area contributed by atoms with Gasteiger partial charge < -0.3 is 0 Å². The Morgan fingerprint density at radius 2 is 0.435 bits per heavy atom. The maximum absolute atomic E-state index is 13.3. The van der Waals surface area contributed by atoms with Crippen molar-refractivity contribution >= 4 is 71.2 Å². The Morgan fingerprint density at radius 1 is 0.218 bits per heavy atom. The minimum absolute atomic E-state index is 0.0223. The number of aryl methyl sites for hydroxylation is 2. The van der Waals surface area contributed by atoms with Gasteiger partial charge in [0.1, 0.15) is 23.1 Å². The lowest BCUT2D eigenvalue weighted by Gasteiger charge is -2.19. The van der Waals surface area contributed by atoms with Crippen LogP contribution in [0.15, 0.2) is 291 Å². The van der Waals surface area contributed by atoms with Gasteiger partial charge in [0.05, 0.1) is 38.9 Å². The normalized spacial score (nSPS) is 13.2. The van der Waals surface area contributed by atoms with Crippen molar-refractivity contribution in [2.24, 2.45) is 23.7 Å². The first-order chi connectivity index (χ1) is 68.7. The highest BCUT2D eigenvalue weighted by Crippen LogP contribution is 2.44. The molecule has 147 heavy (non-hydrogen) atoms. The van der Waals surface area contributed by atoms with Crippen LogP contribution in [0.2, 0.25) is 5.02 Å². The van der Waals surface area contributed by atoms with E-state index in [2.05, 4.69) is 70.2 Å². The molecule has 0 amide bonds. The number of hydrogen-bond donors (Lipinski definition) is 0. The number of rotatable bonds is 30. The fraction of sp³-hybridized carbons (Fsp3) is 0.273. The lowest BCUT2D eigenvalue weighted by Crippen LogP contribution is -2.12. The second-order valence-electron chi connectivity index (χ2n) is 38.2. The van der Waals surface area contributed by atoms with E-state index in [0.717, 1.165) is 131 Å². The first-order valence-electron chi connectivity index (χ1n) is 47.4. The summed E-state index contributed by atoms with van der Waals surface area (Å²) in [7, 11) is 0. The van der Waals surface area contributed by atoms with E-state index in [0.29, 0.717) is 104 Å². The molecule has 0 spiro atoms. The van der Waals surface area contributed by atoms with Crippen molar-refractivity contribution in [3.8, 4) is 55.6 Å². The Balaban J connectivity index is 0.000000201. The molecule has 0 radical (unpaired) electrons. The van der Waals surface area contributed by atoms with Crippen LogP contribution in [0.3, 0.4) is 0 Å². The van der Waals surface area contributed by atoms with Gasteiger partial charge in [-0.1, -0.05) is 285 Å². The van der Waals surface area contributed by atoms with Crippen molar-refractivity contribution in [2.45, 2.75) is 189 Å². The molecule has 4 unspecified atom stereocenters. The van der Waals surface area contributed by atoms with Gasteiger partial charge in [-0.3, -0.25) is 19.2 Å². The molecule has 0 bridgehead atoms. The summed E-state index contributed by atoms with van der Waals surface area (Å²) < 4.78 is 275. The monoisotopic (exact) mass is 2060 g/mol. The first kappa shape index (κ1) is 115. The van der Waals surface area contributed by atoms with Crippen LogP contribution in [0, 0.1) is 23.7 Å². The summed E-state index contributed by atoms with van der Waals surface area (Å²) >= 11 is 5.96. The lowest BCUT2D eigenvalue weighted by molar-refractivity contribution is -0.143. The largest absolute Gasteiger partial charge is 0.416 e. The Bertz CT molecular complexity index is 6670. The summed E-state index contributed by atoms with van der Waals surface area (Å²) in [6.45, 7) is 22.2. The summed E-state index contributed by atoms with van der Waals surface area (Å²) in [4.78, 5) is 50.0. The third-order valence-electron chi connectivity index (χ3n) is 24.4. The second kappa shape index (κ2) is 49.9. The fourth-order valence-electron chi connectivity index (χ4n) is 16.9. The van der Waals surface area contributed by atoms with Gasteiger partial charge in [-0.15, -0.1) is 0 Å². The van der Waals surface area contributed by atoms with E-state index in [9.17, 15) is 111 Å². The topological polar surface area (TPSA) is 68.3 Å². The number of Topliss-reactive ketones (excluding diaryl/α,β-unsaturated/α-hetero) is 4. The smallest absolute Gasteiger partial charge is 0.299 e. The summed E-state index contributed by atoms with van der Waals surface area (Å²) in [6, 6.07) is 73.7. The van der Waals surface area contributed by atoms with E-state index < -0.39 is 94.0 Å². The molecule has 0 aliphatic heterocycles. The Labute approximate surface area is 847 Å². The van der Waals surface area contributed by atoms with Gasteiger partial charge >= 0.3 is 43.2 Å². The van der Waals surface area contributed by atoms with Crippen molar-refractivity contribution in [1.29, 1.82) is 0 Å². The van der Waals surface area contributed by atoms with Crippen LogP contribution in [0.4, 0.5) is 92.2 Å². The molecule has 13 rings (SSSR count). The first-order valence-corrected chi connectivity index (χ1v) is 47.8. The second-order valence-corrected chi connectivity index (χ2v) is 38.6. The van der Waals surface area contributed by atoms with Gasteiger partial charge in [0.2, 0.25) is 0 Å². The summed E-state index contributed by atoms with van der Waals surface area (Å²) in [5, 5.41) is 0.650. The van der Waals surface area contributed by atoms with Crippen LogP contribution in [-0.2, 0) is 75.3 Å². The van der Waals surface area contributed by atoms with Crippen LogP contribution in [0.25, 0.3) is 92.1 Å². The lowest BCUT2D eigenvalue weighted by atomic mass is 9.84. The predicted octanol–water partition coefficient (Wildman–Crippen LogP) is 38.0. The highest BCUT2D eigenvalue weighted by atomic mass is 35.5. The van der Waals surface area contributed by atoms with Crippen molar-refractivity contribution in [3.63, 3.8) is 0 Å². The van der Waals surface area contributed by atoms with Gasteiger partial charge in [-0.05, 0) is 321 Å². The van der Waals surface area contributed by atoms with Crippen LogP contribution in [0.1, 0.15) is 238 Å². The quantitative estimate of drug-likeness (QED) is 0.0332. The molecule has 0 heterocycles. The highest BCUT2D eigenvalue weighted by molar-refractivity contribution is 6.30. The van der Waals surface area contributed by atoms with E-state index in [1.54, 1.807) is 56.3 Å². The maximum Gasteiger partial charge on any atom is 0.416 e. The zero-order valence-electron chi connectivity index (χ0n) is 82.5. The van der Waals surface area contributed by atoms with Gasteiger partial charge in [-0.25, -0.2) is 0 Å². The SMILES string of the molecule is CC(=O)C(CC(C)C)c1cc(/C=C/c2cc(C(F)(F)F)cc(C(F)(F)F)c2)cc(-c2ccc(C(F)(F)F)cc2)c1.CC(=O)C(CC(C)C)c1cc(/C=C\c2ccc(C(F)(F)F)cc2)cc(-c2ccc(C(F)(F)F)cc2)c1.CC(=O)C(CC(C)C)c1cc(/C=C\c2ccc(Cl)cc2)cc(-c2ccc(C(F)(F)F)cc2)c1.CC(=O)C(CC(C)C)c1cc(CCc2ccc(-c3ccccc3)cc2)cc(-c2ccc(C(F)(F)F)cc2)c1. The molecule has 4 atom stereocenters. The van der Waals surface area contributed by atoms with Crippen LogP contribution >= 0.6 is 11.6 Å². The van der Waals surface area contributed by atoms with Crippen LogP contribution in [0.5, 0.6) is 0 Å². The average Bonchev–Trinajstić information content (AvgIpc) is 0.809. The molecule has 13 aromatic carbocycles. The van der Waals surface area contributed by atoms with Crippen molar-refractivity contribution in [3.05, 3.63) is 402 Å². The number of halogens is 22. The summed E-state index contributed by atoms with van der Waals surface area (Å²) in [5.74, 6) is -0.501. The molecule has 26 heteroatoms. The molecule has 0 saturated heterocycles. The zero-order valence-corrected chi connectivity index (χ0v) is 83.2. The van der Waals surface area contributed by atoms with Gasteiger partial charge in [-0.2, -0.15) is 92.2 Å². The van der Waals surface area contributed by atoms with Crippen molar-refractivity contribution < 1.29 is 111 Å². The van der Waals surface area contributed by atoms with E-state index in [1.165, 1.54) is 103 Å². The van der Waals surface area contributed by atoms with Crippen molar-refractivity contribution in [2.75, 3.05) is 0 Å². The molecule has 0 fully saturated rings. The van der Waals surface area contributed by atoms with E-state index in [-0.39, 0.29) is 58.4 Å². The number of alkyl halides is 21. The number of carbonyl (C=O) groups is 4. The third-order valence-corrected chi connectivity index (χ3v) is 24.7. The highest BCUT2D eigenvalue weighted by Gasteiger charge is 2.39. The standard InChI is InChI=1S/C34H33F3O.C30H25F9O.C29H26F6O.C28H26ClF3O/c1-23(2)19-33(24(3)38)31-21-26(20-30(22-31)29-15-17-32(18-16-29)34(35,36)37)10-9-25-11-13-28(14-12-25)27-7-5-4-6-8-27;1-17(2)10-27(18(3)40)23-12-19(11-22(15-23)21-6-8-24(9-7-21)28(31,32)33)4-5-20-13-25(29(34,35)36)16-26(14-20)30(37,38)39;1-18(2)14-27(19(3)36)24-16-21(5-4-20-6-10-25(11-7-20)28(30,31)32)15-23(17-24)22-8-12-26(13-9-22)29(33,34)35;1-18(2)14-27(19(3)33)24-16-21(5-4-20-6-12-26(29)13-7-20)15-23(17-24)22-8-10-25(11-9-22)28(30,31)32/h4-8,11-18,20-23,33H,9-10,19H2,1-3H3;4-9,11-17,27H,10H2,1-3H3;4-13,15-18,27H,14H2,1-3H3;4-13,15-18,27H,14H2,1-3H3/b;5-4+;2*5-4-. The molecule has 0 saturated carbocycles. The molecule has 0 aliphatic rings. The van der Waals surface area contributed by atoms with Gasteiger partial charge in [0.15, 0.2) is 0 Å². The fourth-order valence-corrected chi connectivity index (χ4v) is 17.0. The maximum atomic E-state index is 13.3. The zero-order chi connectivity index (χ0) is 108. The van der Waals surface area contributed by atoms with E-state index in [1.807, 2.05) is 113 Å². The van der Waals surface area contributed by atoms with E-state index >= 15 is 0 Å². The molecular formula is C121H110ClF21O4. The molecule has 0 aromatic heterocycles. The third kappa shape index (κ3) is 34.9. The minimum Gasteiger partial charge on any atom is -0.299 e. The minimum atomic E-state index is -5.01. The summed E-state index contributed by atoms with van der Waals surface area (Å²) in [5.41, 5.74) is 9.06. The molecule has 13 aromatic rings. The van der Waals surface area contributed by atoms with Gasteiger partial charge in [0, 0.05) is 28.7 Å². The van der Waals surface area contributed by atoms with Crippen LogP contribution < -0.4 is 0 Å². The molecule has 0 N–H and O–H groups in total. The van der Waals surface area contributed by atoms with Crippen LogP contribution in [-0.4, -0.2) is 23.1 Å². The molecular weight excluding hydrogens is 1950 g/mol. The number of hydrogen-bond acceptors (Lipinski definition) is 4. The van der Waals surface area contributed by atoms with Crippen molar-refractivity contribution in [1.82, 2.24) is 0 Å². The molecule has 4 nitrogen and oxygen atoms in total. The van der Waals surface area contributed by atoms with E-state index in [4.69, 9.17) is 11.6 Å².